The van der Waals surface area contributed by atoms with E-state index in [-0.39, 0.29) is 5.57 Å². The van der Waals surface area contributed by atoms with Gasteiger partial charge in [-0.2, -0.15) is 5.26 Å². The van der Waals surface area contributed by atoms with Gasteiger partial charge in [-0.3, -0.25) is 0 Å². The first-order chi connectivity index (χ1) is 27.5. The number of anilines is 3. The molecule has 0 unspecified atom stereocenters. The number of unbranched alkanes of at least 4 members (excludes halogenated alkanes) is 10. The van der Waals surface area contributed by atoms with Gasteiger partial charge in [0.1, 0.15) is 11.6 Å². The van der Waals surface area contributed by atoms with Crippen molar-refractivity contribution in [1.29, 1.82) is 5.26 Å². The summed E-state index contributed by atoms with van der Waals surface area (Å²) < 4.78 is 0. The Morgan fingerprint density at radius 1 is 0.536 bits per heavy atom. The number of rotatable bonds is 22. The van der Waals surface area contributed by atoms with E-state index in [2.05, 4.69) is 128 Å². The lowest BCUT2D eigenvalue weighted by atomic mass is 10.00. The fourth-order valence-corrected chi connectivity index (χ4v) is 7.15. The van der Waals surface area contributed by atoms with Gasteiger partial charge in [-0.05, 0) is 107 Å². The first-order valence-corrected chi connectivity index (χ1v) is 20.8. The molecule has 0 aliphatic rings. The summed E-state index contributed by atoms with van der Waals surface area (Å²) in [5, 5.41) is 18.2. The lowest BCUT2D eigenvalue weighted by molar-refractivity contribution is -0.132. The van der Waals surface area contributed by atoms with E-state index in [4.69, 9.17) is 10.4 Å². The maximum Gasteiger partial charge on any atom is 0.346 e. The van der Waals surface area contributed by atoms with Crippen LogP contribution < -0.4 is 4.90 Å². The average Bonchev–Trinajstić information content (AvgIpc) is 3.23. The Kier molecular flexibility index (Phi) is 16.8. The van der Waals surface area contributed by atoms with Gasteiger partial charge in [0, 0.05) is 17.1 Å². The van der Waals surface area contributed by atoms with E-state index in [1.807, 2.05) is 12.1 Å². The van der Waals surface area contributed by atoms with Crippen LogP contribution in [0.25, 0.3) is 28.3 Å². The lowest BCUT2D eigenvalue weighted by Gasteiger charge is -2.26. The van der Waals surface area contributed by atoms with Gasteiger partial charge in [0.25, 0.3) is 0 Å². The zero-order valence-corrected chi connectivity index (χ0v) is 33.4. The van der Waals surface area contributed by atoms with Gasteiger partial charge in [0.15, 0.2) is 0 Å². The second-order valence-corrected chi connectivity index (χ2v) is 14.8. The van der Waals surface area contributed by atoms with E-state index in [0.717, 1.165) is 35.5 Å². The first-order valence-electron chi connectivity index (χ1n) is 20.8. The van der Waals surface area contributed by atoms with Crippen molar-refractivity contribution in [3.63, 3.8) is 0 Å². The number of allylic oxidation sites excluding steroid dienone is 2. The van der Waals surface area contributed by atoms with E-state index in [0.29, 0.717) is 0 Å². The van der Waals surface area contributed by atoms with Crippen molar-refractivity contribution >= 4 is 29.1 Å². The van der Waals surface area contributed by atoms with E-state index in [1.54, 1.807) is 18.2 Å². The van der Waals surface area contributed by atoms with Crippen LogP contribution in [0.15, 0.2) is 139 Å². The van der Waals surface area contributed by atoms with Gasteiger partial charge in [-0.1, -0.05) is 175 Å². The fraction of sp³-hybridized carbons (Fsp3) is 0.308. The molecule has 0 radical (unpaired) electrons. The largest absolute Gasteiger partial charge is 0.477 e. The third kappa shape index (κ3) is 12.7. The lowest BCUT2D eigenvalue weighted by Crippen LogP contribution is -2.09. The molecule has 4 heteroatoms. The van der Waals surface area contributed by atoms with Crippen LogP contribution in [0.1, 0.15) is 108 Å². The third-order valence-electron chi connectivity index (χ3n) is 10.5. The highest BCUT2D eigenvalue weighted by Crippen LogP contribution is 2.37. The second kappa shape index (κ2) is 22.7. The monoisotopic (exact) mass is 742 g/mol. The van der Waals surface area contributed by atoms with Crippen molar-refractivity contribution in [2.24, 2.45) is 0 Å². The normalized spacial score (nSPS) is 11.5. The van der Waals surface area contributed by atoms with E-state index < -0.39 is 5.97 Å². The highest BCUT2D eigenvalue weighted by Gasteiger charge is 2.14. The van der Waals surface area contributed by atoms with Crippen LogP contribution in [0.3, 0.4) is 0 Å². The number of nitriles is 1. The summed E-state index contributed by atoms with van der Waals surface area (Å²) in [5.74, 6) is -1.23. The minimum Gasteiger partial charge on any atom is -0.477 e. The quantitative estimate of drug-likeness (QED) is 0.0332. The topological polar surface area (TPSA) is 64.3 Å². The average molecular weight is 743 g/mol. The van der Waals surface area contributed by atoms with Gasteiger partial charge in [0.05, 0.1) is 0 Å². The molecule has 0 saturated heterocycles. The molecular weight excluding hydrogens is 685 g/mol. The minimum absolute atomic E-state index is 0.302. The number of nitrogens with zero attached hydrogens (tertiary/aromatic N) is 2. The first kappa shape index (κ1) is 41.5. The molecule has 4 nitrogen and oxygen atoms in total. The predicted molar refractivity (Wildman–Crippen MR) is 237 cm³/mol. The smallest absolute Gasteiger partial charge is 0.346 e. The van der Waals surface area contributed by atoms with Crippen molar-refractivity contribution in [3.05, 3.63) is 156 Å². The Morgan fingerprint density at radius 2 is 0.893 bits per heavy atom. The standard InChI is InChI=1S/C52H58N2O2/c1-3-5-7-9-11-13-16-41-20-26-44(27-21-41)46-30-36-50(37-31-46)54(49-34-24-43(25-35-49)18-15-19-48(40-53)52(55)56)51-38-32-47(33-39-51)45-28-22-42(23-29-45)17-14-12-10-8-6-4-2/h15,18-39H,3-14,16-17H2,1-2H3,(H,55,56)/b18-15+,48-19+. The van der Waals surface area contributed by atoms with Gasteiger partial charge >= 0.3 is 5.97 Å². The molecule has 5 aromatic carbocycles. The van der Waals surface area contributed by atoms with Crippen molar-refractivity contribution in [1.82, 2.24) is 0 Å². The number of hydrogen-bond acceptors (Lipinski definition) is 3. The Labute approximate surface area is 335 Å². The summed E-state index contributed by atoms with van der Waals surface area (Å²) in [7, 11) is 0. The number of carboxylic acids is 1. The van der Waals surface area contributed by atoms with E-state index >= 15 is 0 Å². The van der Waals surface area contributed by atoms with Crippen molar-refractivity contribution in [2.45, 2.75) is 104 Å². The maximum absolute atomic E-state index is 11.2. The molecule has 0 spiro atoms. The molecule has 0 heterocycles. The summed E-state index contributed by atoms with van der Waals surface area (Å²) in [6.07, 6.45) is 22.7. The molecule has 0 atom stereocenters. The van der Waals surface area contributed by atoms with Crippen LogP contribution in [0.5, 0.6) is 0 Å². The Hall–Kier alpha value is -5.66. The number of carboxylic acid groups (broad SMARTS) is 1. The summed E-state index contributed by atoms with van der Waals surface area (Å²) in [6.45, 7) is 4.53. The summed E-state index contributed by atoms with van der Waals surface area (Å²) in [6, 6.07) is 45.5. The molecule has 0 aliphatic carbocycles. The molecule has 0 fully saturated rings. The number of hydrogen-bond donors (Lipinski definition) is 1. The molecule has 5 rings (SSSR count). The van der Waals surface area contributed by atoms with Crippen molar-refractivity contribution in [3.8, 4) is 28.3 Å². The van der Waals surface area contributed by atoms with Gasteiger partial charge in [-0.15, -0.1) is 0 Å². The molecule has 0 aliphatic heterocycles. The second-order valence-electron chi connectivity index (χ2n) is 14.8. The zero-order valence-electron chi connectivity index (χ0n) is 33.4. The highest BCUT2D eigenvalue weighted by molar-refractivity contribution is 5.91. The maximum atomic E-state index is 11.2. The van der Waals surface area contributed by atoms with Crippen LogP contribution in [-0.2, 0) is 17.6 Å². The third-order valence-corrected chi connectivity index (χ3v) is 10.5. The van der Waals surface area contributed by atoms with Crippen LogP contribution in [0, 0.1) is 11.3 Å². The molecule has 288 valence electrons. The molecule has 0 aromatic heterocycles. The Morgan fingerprint density at radius 3 is 1.27 bits per heavy atom. The van der Waals surface area contributed by atoms with E-state index in [1.165, 1.54) is 117 Å². The fourth-order valence-electron chi connectivity index (χ4n) is 7.15. The number of benzene rings is 5. The van der Waals surface area contributed by atoms with Gasteiger partial charge in [-0.25, -0.2) is 4.79 Å². The summed E-state index contributed by atoms with van der Waals surface area (Å²) >= 11 is 0. The SMILES string of the molecule is CCCCCCCCc1ccc(-c2ccc(N(c3ccc(/C=C/C=C(\C#N)C(=O)O)cc3)c3ccc(-c4ccc(CCCCCCCC)cc4)cc3)cc2)cc1. The van der Waals surface area contributed by atoms with E-state index in [9.17, 15) is 4.79 Å². The van der Waals surface area contributed by atoms with Gasteiger partial charge in [0.2, 0.25) is 0 Å². The molecule has 0 bridgehead atoms. The molecule has 5 aromatic rings. The van der Waals surface area contributed by atoms with Crippen LogP contribution in [0.4, 0.5) is 17.1 Å². The number of carbonyl (C=O) groups is 1. The summed E-state index contributed by atoms with van der Waals surface area (Å²) in [4.78, 5) is 13.5. The molecule has 0 saturated carbocycles. The minimum atomic E-state index is -1.23. The molecular formula is C52H58N2O2. The summed E-state index contributed by atoms with van der Waals surface area (Å²) in [5.41, 5.74) is 11.3. The van der Waals surface area contributed by atoms with Crippen molar-refractivity contribution in [2.75, 3.05) is 4.90 Å². The molecule has 0 amide bonds. The number of aliphatic carboxylic acids is 1. The Bertz CT molecular complexity index is 1910. The predicted octanol–water partition coefficient (Wildman–Crippen LogP) is 14.8. The van der Waals surface area contributed by atoms with Crippen molar-refractivity contribution < 1.29 is 9.90 Å². The Balaban J connectivity index is 1.33. The van der Waals surface area contributed by atoms with Crippen LogP contribution in [0.2, 0.25) is 0 Å². The zero-order chi connectivity index (χ0) is 39.4. The molecule has 1 N–H and O–H groups in total. The number of aryl methyl sites for hydroxylation is 2. The van der Waals surface area contributed by atoms with Crippen LogP contribution in [-0.4, -0.2) is 11.1 Å². The molecule has 56 heavy (non-hydrogen) atoms. The highest BCUT2D eigenvalue weighted by atomic mass is 16.4. The van der Waals surface area contributed by atoms with Gasteiger partial charge < -0.3 is 10.0 Å². The van der Waals surface area contributed by atoms with Crippen LogP contribution >= 0.6 is 0 Å².